The van der Waals surface area contributed by atoms with Crippen molar-refractivity contribution in [2.24, 2.45) is 5.41 Å². The van der Waals surface area contributed by atoms with Gasteiger partial charge in [-0.25, -0.2) is 4.39 Å². The minimum atomic E-state index is -0.218. The molecule has 0 unspecified atom stereocenters. The van der Waals surface area contributed by atoms with E-state index in [1.165, 1.54) is 23.3 Å². The highest BCUT2D eigenvalue weighted by molar-refractivity contribution is 5.85. The van der Waals surface area contributed by atoms with Gasteiger partial charge in [-0.3, -0.25) is 9.69 Å². The number of hydrogen-bond donors (Lipinski definition) is 0. The van der Waals surface area contributed by atoms with Gasteiger partial charge in [0.1, 0.15) is 5.82 Å². The van der Waals surface area contributed by atoms with Crippen LogP contribution in [0.25, 0.3) is 0 Å². The third-order valence-electron chi connectivity index (χ3n) is 5.81. The van der Waals surface area contributed by atoms with Crippen LogP contribution >= 0.6 is 0 Å². The maximum absolute atomic E-state index is 13.1. The highest BCUT2D eigenvalue weighted by atomic mass is 19.1. The van der Waals surface area contributed by atoms with Crippen LogP contribution in [-0.4, -0.2) is 35.3 Å². The number of likely N-dealkylation sites (tertiary alicyclic amines) is 2. The van der Waals surface area contributed by atoms with Gasteiger partial charge < -0.3 is 4.90 Å². The second-order valence-corrected chi connectivity index (χ2v) is 7.83. The summed E-state index contributed by atoms with van der Waals surface area (Å²) in [7, 11) is 0. The summed E-state index contributed by atoms with van der Waals surface area (Å²) in [6, 6.07) is 15.1. The van der Waals surface area contributed by atoms with E-state index in [1.807, 2.05) is 17.0 Å². The van der Waals surface area contributed by atoms with Crippen LogP contribution < -0.4 is 0 Å². The van der Waals surface area contributed by atoms with Crippen molar-refractivity contribution in [3.8, 4) is 0 Å². The largest absolute Gasteiger partial charge is 0.338 e. The fraction of sp³-hybridized carbons (Fsp3) is 0.409. The van der Waals surface area contributed by atoms with Gasteiger partial charge in [-0.1, -0.05) is 42.0 Å². The van der Waals surface area contributed by atoms with Crippen molar-refractivity contribution >= 4 is 5.91 Å². The van der Waals surface area contributed by atoms with Crippen LogP contribution in [0.5, 0.6) is 0 Å². The summed E-state index contributed by atoms with van der Waals surface area (Å²) < 4.78 is 13.1. The summed E-state index contributed by atoms with van der Waals surface area (Å²) in [5.74, 6) is 0.102. The molecule has 2 fully saturated rings. The molecule has 3 nitrogen and oxygen atoms in total. The average Bonchev–Trinajstić information content (AvgIpc) is 3.16. The first-order chi connectivity index (χ1) is 12.5. The summed E-state index contributed by atoms with van der Waals surface area (Å²) in [4.78, 5) is 17.5. The monoisotopic (exact) mass is 352 g/mol. The average molecular weight is 352 g/mol. The van der Waals surface area contributed by atoms with E-state index in [0.717, 1.165) is 44.6 Å². The van der Waals surface area contributed by atoms with Gasteiger partial charge in [0.25, 0.3) is 0 Å². The predicted molar refractivity (Wildman–Crippen MR) is 99.9 cm³/mol. The lowest BCUT2D eigenvalue weighted by Crippen LogP contribution is -2.36. The number of carbonyl (C=O) groups excluding carboxylic acids is 1. The molecular weight excluding hydrogens is 327 g/mol. The molecule has 2 aliphatic rings. The van der Waals surface area contributed by atoms with Crippen molar-refractivity contribution in [1.29, 1.82) is 0 Å². The summed E-state index contributed by atoms with van der Waals surface area (Å²) in [6.45, 7) is 6.17. The first-order valence-corrected chi connectivity index (χ1v) is 9.36. The number of benzene rings is 2. The Labute approximate surface area is 154 Å². The quantitative estimate of drug-likeness (QED) is 0.836. The molecule has 26 heavy (non-hydrogen) atoms. The van der Waals surface area contributed by atoms with E-state index in [4.69, 9.17) is 0 Å². The number of aryl methyl sites for hydroxylation is 1. The van der Waals surface area contributed by atoms with Gasteiger partial charge in [0.05, 0.1) is 5.41 Å². The van der Waals surface area contributed by atoms with E-state index >= 15 is 0 Å². The van der Waals surface area contributed by atoms with Crippen molar-refractivity contribution in [2.45, 2.75) is 32.9 Å². The molecule has 2 heterocycles. The van der Waals surface area contributed by atoms with Gasteiger partial charge in [-0.05, 0) is 49.6 Å². The normalized spacial score (nSPS) is 23.3. The fourth-order valence-corrected chi connectivity index (χ4v) is 4.39. The van der Waals surface area contributed by atoms with Crippen LogP contribution in [0.4, 0.5) is 4.39 Å². The molecule has 0 aromatic heterocycles. The molecule has 0 bridgehead atoms. The summed E-state index contributed by atoms with van der Waals surface area (Å²) in [5.41, 5.74) is 3.32. The Morgan fingerprint density at radius 3 is 2.54 bits per heavy atom. The fourth-order valence-electron chi connectivity index (χ4n) is 4.39. The number of rotatable bonds is 4. The van der Waals surface area contributed by atoms with Crippen LogP contribution in [0, 0.1) is 18.2 Å². The standard InChI is InChI=1S/C22H25FN2O/c1-17-3-2-4-19(13-17)15-25-12-10-22(21(25)26)9-11-24(16-22)14-18-5-7-20(23)8-6-18/h2-8,13H,9-12,14-16H2,1H3/t22-/m1/s1. The summed E-state index contributed by atoms with van der Waals surface area (Å²) >= 11 is 0. The highest BCUT2D eigenvalue weighted by Crippen LogP contribution is 2.41. The summed E-state index contributed by atoms with van der Waals surface area (Å²) in [5, 5.41) is 0. The molecule has 136 valence electrons. The Kier molecular flexibility index (Phi) is 4.53. The van der Waals surface area contributed by atoms with E-state index < -0.39 is 0 Å². The molecule has 2 aromatic rings. The van der Waals surface area contributed by atoms with E-state index in [2.05, 4.69) is 36.1 Å². The van der Waals surface area contributed by atoms with Crippen LogP contribution in [0.3, 0.4) is 0 Å². The molecule has 0 saturated carbocycles. The first kappa shape index (κ1) is 17.2. The number of halogens is 1. The van der Waals surface area contributed by atoms with Crippen LogP contribution in [0.15, 0.2) is 48.5 Å². The topological polar surface area (TPSA) is 23.6 Å². The number of amides is 1. The second kappa shape index (κ2) is 6.84. The van der Waals surface area contributed by atoms with Gasteiger partial charge in [-0.15, -0.1) is 0 Å². The van der Waals surface area contributed by atoms with Gasteiger partial charge in [0.15, 0.2) is 0 Å². The van der Waals surface area contributed by atoms with Crippen LogP contribution in [-0.2, 0) is 17.9 Å². The molecule has 0 aliphatic carbocycles. The summed E-state index contributed by atoms with van der Waals surface area (Å²) in [6.07, 6.45) is 1.87. The smallest absolute Gasteiger partial charge is 0.230 e. The van der Waals surface area contributed by atoms with Gasteiger partial charge in [-0.2, -0.15) is 0 Å². The molecule has 2 aliphatic heterocycles. The zero-order valence-corrected chi connectivity index (χ0v) is 15.2. The second-order valence-electron chi connectivity index (χ2n) is 7.83. The zero-order chi connectivity index (χ0) is 18.1. The molecule has 4 heteroatoms. The maximum atomic E-state index is 13.1. The Balaban J connectivity index is 1.40. The number of nitrogens with zero attached hydrogens (tertiary/aromatic N) is 2. The molecule has 4 rings (SSSR count). The lowest BCUT2D eigenvalue weighted by molar-refractivity contribution is -0.136. The van der Waals surface area contributed by atoms with E-state index in [0.29, 0.717) is 12.5 Å². The Morgan fingerprint density at radius 1 is 1.00 bits per heavy atom. The number of hydrogen-bond acceptors (Lipinski definition) is 2. The maximum Gasteiger partial charge on any atom is 0.230 e. The van der Waals surface area contributed by atoms with E-state index in [-0.39, 0.29) is 11.2 Å². The molecule has 2 aromatic carbocycles. The molecular formula is C22H25FN2O. The van der Waals surface area contributed by atoms with E-state index in [9.17, 15) is 9.18 Å². The molecule has 0 N–H and O–H groups in total. The predicted octanol–water partition coefficient (Wildman–Crippen LogP) is 3.76. The van der Waals surface area contributed by atoms with Crippen molar-refractivity contribution in [1.82, 2.24) is 9.80 Å². The lowest BCUT2D eigenvalue weighted by Gasteiger charge is -2.24. The minimum Gasteiger partial charge on any atom is -0.338 e. The van der Waals surface area contributed by atoms with Crippen molar-refractivity contribution < 1.29 is 9.18 Å². The minimum absolute atomic E-state index is 0.204. The van der Waals surface area contributed by atoms with E-state index in [1.54, 1.807) is 0 Å². The van der Waals surface area contributed by atoms with Crippen LogP contribution in [0.1, 0.15) is 29.5 Å². The third kappa shape index (κ3) is 3.38. The van der Waals surface area contributed by atoms with Gasteiger partial charge in [0, 0.05) is 26.2 Å². The molecule has 2 saturated heterocycles. The van der Waals surface area contributed by atoms with Crippen molar-refractivity contribution in [3.05, 3.63) is 71.0 Å². The van der Waals surface area contributed by atoms with Gasteiger partial charge >= 0.3 is 0 Å². The lowest BCUT2D eigenvalue weighted by atomic mass is 9.85. The number of carbonyl (C=O) groups is 1. The Morgan fingerprint density at radius 2 is 1.77 bits per heavy atom. The molecule has 1 spiro atoms. The molecule has 1 atom stereocenters. The first-order valence-electron chi connectivity index (χ1n) is 9.36. The van der Waals surface area contributed by atoms with Crippen LogP contribution in [0.2, 0.25) is 0 Å². The van der Waals surface area contributed by atoms with Crippen molar-refractivity contribution in [3.63, 3.8) is 0 Å². The SMILES string of the molecule is Cc1cccc(CN2CC[C@@]3(CCN(Cc4ccc(F)cc4)C3)C2=O)c1. The molecule has 0 radical (unpaired) electrons. The Bertz CT molecular complexity index is 804. The third-order valence-corrected chi connectivity index (χ3v) is 5.81. The van der Waals surface area contributed by atoms with Gasteiger partial charge in [0.2, 0.25) is 5.91 Å². The Hall–Kier alpha value is -2.20. The molecule has 1 amide bonds. The van der Waals surface area contributed by atoms with Crippen molar-refractivity contribution in [2.75, 3.05) is 19.6 Å². The highest BCUT2D eigenvalue weighted by Gasteiger charge is 2.50. The zero-order valence-electron chi connectivity index (χ0n) is 15.2.